The van der Waals surface area contributed by atoms with Gasteiger partial charge in [0.05, 0.1) is 0 Å². The third-order valence-electron chi connectivity index (χ3n) is 5.02. The molecule has 0 heterocycles. The number of carbonyl (C=O) groups excluding carboxylic acids is 6. The Bertz CT molecular complexity index is 563. The van der Waals surface area contributed by atoms with E-state index in [0.29, 0.717) is 38.5 Å². The average Bonchev–Trinajstić information content (AvgIpc) is 2.85. The highest BCUT2D eigenvalue weighted by atomic mass is 27.2. The van der Waals surface area contributed by atoms with Crippen molar-refractivity contribution >= 4 is 67.1 Å². The Morgan fingerprint density at radius 3 is 1.17 bits per heavy atom. The molecule has 0 radical (unpaired) electrons. The molecular formula is C20H42Al2N8O6. The van der Waals surface area contributed by atoms with Crippen LogP contribution in [0.1, 0.15) is 52.4 Å². The molecular weight excluding hydrogens is 502 g/mol. The molecule has 36 heavy (non-hydrogen) atoms. The van der Waals surface area contributed by atoms with Crippen LogP contribution in [0.25, 0.3) is 0 Å². The monoisotopic (exact) mass is 544 g/mol. The van der Waals surface area contributed by atoms with Crippen LogP contribution < -0.4 is 25.8 Å². The van der Waals surface area contributed by atoms with Gasteiger partial charge in [0.15, 0.2) is 37.5 Å². The van der Waals surface area contributed by atoms with E-state index in [1.54, 1.807) is 0 Å². The van der Waals surface area contributed by atoms with Crippen LogP contribution in [0.4, 0.5) is 0 Å². The molecule has 0 atom stereocenters. The summed E-state index contributed by atoms with van der Waals surface area (Å²) in [4.78, 5) is 68.4. The molecule has 0 bridgehead atoms. The molecule has 0 spiro atoms. The van der Waals surface area contributed by atoms with Gasteiger partial charge in [-0.15, -0.1) is 0 Å². The largest absolute Gasteiger partial charge is 0.740 e. The van der Waals surface area contributed by atoms with Gasteiger partial charge in [0.2, 0.25) is 0 Å². The van der Waals surface area contributed by atoms with Gasteiger partial charge in [0, 0.05) is 12.8 Å². The van der Waals surface area contributed by atoms with Gasteiger partial charge in [-0.2, -0.15) is 0 Å². The molecule has 16 heteroatoms. The van der Waals surface area contributed by atoms with Gasteiger partial charge in [-0.05, 0) is 66.0 Å². The number of nitrogens with one attached hydrogen (secondary N) is 6. The molecule has 0 aromatic rings. The van der Waals surface area contributed by atoms with Crippen molar-refractivity contribution in [2.24, 2.45) is 0 Å². The lowest BCUT2D eigenvalue weighted by molar-refractivity contribution is -0.120. The van der Waals surface area contributed by atoms with Crippen LogP contribution in [0.2, 0.25) is 0 Å². The Morgan fingerprint density at radius 1 is 0.611 bits per heavy atom. The summed E-state index contributed by atoms with van der Waals surface area (Å²) in [5.41, 5.74) is 0. The van der Waals surface area contributed by atoms with Crippen LogP contribution >= 0.6 is 0 Å². The van der Waals surface area contributed by atoms with Crippen molar-refractivity contribution in [3.05, 3.63) is 0 Å². The fourth-order valence-corrected chi connectivity index (χ4v) is 4.65. The van der Waals surface area contributed by atoms with E-state index >= 15 is 0 Å². The summed E-state index contributed by atoms with van der Waals surface area (Å²) >= 11 is -4.43. The van der Waals surface area contributed by atoms with E-state index in [2.05, 4.69) is 49.4 Å². The summed E-state index contributed by atoms with van der Waals surface area (Å²) in [5.74, 6) is -0.288. The van der Waals surface area contributed by atoms with Crippen LogP contribution in [0, 0.1) is 0 Å². The average molecular weight is 545 g/mol. The van der Waals surface area contributed by atoms with E-state index in [1.165, 1.54) is 0 Å². The first-order valence-corrected chi connectivity index (χ1v) is 15.5. The molecule has 0 saturated heterocycles. The highest BCUT2D eigenvalue weighted by Crippen LogP contribution is 1.98. The molecule has 0 fully saturated rings. The molecule has 204 valence electrons. The van der Waals surface area contributed by atoms with Crippen molar-refractivity contribution < 1.29 is 28.8 Å². The SMILES string of the molecule is CCN(C)CCCCC(=O)[NH][Al]([NH]C=O)[NH]C=O.CCN(C)CCCCC(=O)[NH][Al]([NH]C=O)[NH]C=O. The molecule has 14 nitrogen and oxygen atoms in total. The number of hydrogen-bond donors (Lipinski definition) is 6. The van der Waals surface area contributed by atoms with Gasteiger partial charge in [-0.1, -0.05) is 13.8 Å². The third-order valence-corrected chi connectivity index (χ3v) is 8.12. The summed E-state index contributed by atoms with van der Waals surface area (Å²) in [6.07, 6.45) is 6.20. The van der Waals surface area contributed by atoms with Crippen molar-refractivity contribution in [3.8, 4) is 0 Å². The van der Waals surface area contributed by atoms with Gasteiger partial charge >= 0.3 is 29.6 Å². The van der Waals surface area contributed by atoms with Crippen molar-refractivity contribution in [1.82, 2.24) is 35.6 Å². The summed E-state index contributed by atoms with van der Waals surface area (Å²) in [7, 11) is 4.07. The predicted octanol–water partition coefficient (Wildman–Crippen LogP) is -2.60. The number of carbonyl (C=O) groups is 6. The first-order chi connectivity index (χ1) is 17.3. The molecule has 0 aromatic carbocycles. The molecule has 0 aromatic heterocycles. The van der Waals surface area contributed by atoms with Gasteiger partial charge in [-0.3, -0.25) is 28.8 Å². The Labute approximate surface area is 223 Å². The zero-order valence-corrected chi connectivity index (χ0v) is 24.2. The molecule has 0 aliphatic heterocycles. The molecule has 0 aliphatic rings. The van der Waals surface area contributed by atoms with E-state index in [-0.39, 0.29) is 11.8 Å². The summed E-state index contributed by atoms with van der Waals surface area (Å²) in [6, 6.07) is 0. The van der Waals surface area contributed by atoms with Crippen LogP contribution in [0.5, 0.6) is 0 Å². The van der Waals surface area contributed by atoms with Gasteiger partial charge in [0.1, 0.15) is 0 Å². The maximum absolute atomic E-state index is 11.5. The highest BCUT2D eigenvalue weighted by Gasteiger charge is 2.25. The van der Waals surface area contributed by atoms with E-state index in [4.69, 9.17) is 0 Å². The Balaban J connectivity index is 0. The quantitative estimate of drug-likeness (QED) is 0.0488. The standard InChI is InChI=1S/2C8H18N2O.4CH3NO.2Al/c2*1-3-10(2)7-5-4-6-8(9)11;4*2-1-3;;/h2*3-7H2,1-2H3,(H2,9,11);4*1H,(H2,2,3);;/q;;;;;;2*+3/p-6. The number of hydrogen-bond acceptors (Lipinski definition) is 8. The number of amides is 6. The van der Waals surface area contributed by atoms with E-state index in [0.717, 1.165) is 51.9 Å². The second kappa shape index (κ2) is 25.9. The molecule has 0 aliphatic carbocycles. The molecule has 0 saturated carbocycles. The fourth-order valence-electron chi connectivity index (χ4n) is 2.65. The Hall–Kier alpha value is -2.20. The number of nitrogens with zero attached hydrogens (tertiary/aromatic N) is 2. The molecule has 6 amide bonds. The predicted molar refractivity (Wildman–Crippen MR) is 139 cm³/mol. The normalized spacial score (nSPS) is 9.72. The summed E-state index contributed by atoms with van der Waals surface area (Å²) < 4.78 is 14.9. The van der Waals surface area contributed by atoms with Crippen molar-refractivity contribution in [2.45, 2.75) is 52.4 Å². The Kier molecular flexibility index (Phi) is 25.9. The van der Waals surface area contributed by atoms with Crippen molar-refractivity contribution in [3.63, 3.8) is 0 Å². The maximum Gasteiger partial charge on any atom is 0.740 e. The minimum atomic E-state index is -2.22. The van der Waals surface area contributed by atoms with Crippen molar-refractivity contribution in [1.29, 1.82) is 0 Å². The highest BCUT2D eigenvalue weighted by molar-refractivity contribution is 6.58. The fraction of sp³-hybridized carbons (Fsp3) is 0.700. The topological polar surface area (TPSA) is 181 Å². The van der Waals surface area contributed by atoms with Gasteiger partial charge in [0.25, 0.3) is 0 Å². The van der Waals surface area contributed by atoms with Gasteiger partial charge < -0.3 is 35.6 Å². The lowest BCUT2D eigenvalue weighted by Crippen LogP contribution is -2.59. The minimum absolute atomic E-state index is 0.144. The third kappa shape index (κ3) is 23.5. The lowest BCUT2D eigenvalue weighted by Gasteiger charge is -2.13. The van der Waals surface area contributed by atoms with Crippen LogP contribution in [-0.4, -0.2) is 117 Å². The van der Waals surface area contributed by atoms with Crippen LogP contribution in [-0.2, 0) is 28.8 Å². The van der Waals surface area contributed by atoms with Crippen LogP contribution in [0.3, 0.4) is 0 Å². The number of unbranched alkanes of at least 4 members (excludes halogenated alkanes) is 2. The summed E-state index contributed by atoms with van der Waals surface area (Å²) in [6.45, 7) is 8.08. The number of rotatable bonds is 22. The maximum atomic E-state index is 11.5. The molecule has 6 N–H and O–H groups in total. The van der Waals surface area contributed by atoms with Crippen molar-refractivity contribution in [2.75, 3.05) is 40.3 Å². The van der Waals surface area contributed by atoms with Gasteiger partial charge in [-0.25, -0.2) is 0 Å². The molecule has 0 rings (SSSR count). The second-order valence-corrected chi connectivity index (χ2v) is 11.5. The minimum Gasteiger partial charge on any atom is -0.412 e. The second-order valence-electron chi connectivity index (χ2n) is 7.85. The van der Waals surface area contributed by atoms with E-state index in [1.807, 2.05) is 14.1 Å². The zero-order valence-electron chi connectivity index (χ0n) is 21.9. The first kappa shape index (κ1) is 36.0. The first-order valence-electron chi connectivity index (χ1n) is 12.0. The van der Waals surface area contributed by atoms with Crippen LogP contribution in [0.15, 0.2) is 0 Å². The smallest absolute Gasteiger partial charge is 0.412 e. The molecule has 0 unspecified atom stereocenters. The van der Waals surface area contributed by atoms with E-state index < -0.39 is 29.6 Å². The lowest BCUT2D eigenvalue weighted by atomic mass is 10.2. The van der Waals surface area contributed by atoms with E-state index in [9.17, 15) is 28.8 Å². The Morgan fingerprint density at radius 2 is 0.917 bits per heavy atom. The summed E-state index contributed by atoms with van der Waals surface area (Å²) in [5, 5.41) is 0. The zero-order chi connectivity index (χ0) is 27.6.